The van der Waals surface area contributed by atoms with E-state index in [2.05, 4.69) is 10.1 Å². The summed E-state index contributed by atoms with van der Waals surface area (Å²) in [5.41, 5.74) is 0.655. The Morgan fingerprint density at radius 2 is 1.94 bits per heavy atom. The van der Waals surface area contributed by atoms with Crippen LogP contribution in [0.2, 0.25) is 10.0 Å². The number of ether oxygens (including phenoxy) is 1. The molecule has 1 amide bonds. The first-order valence-electron chi connectivity index (χ1n) is 4.96. The van der Waals surface area contributed by atoms with Crippen molar-refractivity contribution < 1.29 is 14.3 Å². The molecule has 0 aliphatic carbocycles. The van der Waals surface area contributed by atoms with Crippen LogP contribution in [-0.2, 0) is 14.3 Å². The smallest absolute Gasteiger partial charge is 0.354 e. The van der Waals surface area contributed by atoms with E-state index in [0.29, 0.717) is 15.6 Å². The van der Waals surface area contributed by atoms with Gasteiger partial charge >= 0.3 is 5.97 Å². The zero-order valence-electron chi connectivity index (χ0n) is 9.79. The van der Waals surface area contributed by atoms with E-state index < -0.39 is 5.97 Å². The molecule has 1 aromatic rings. The van der Waals surface area contributed by atoms with E-state index >= 15 is 0 Å². The number of methoxy groups -OCH3 is 1. The number of nitrogens with one attached hydrogen (secondary N) is 1. The molecule has 1 N–H and O–H groups in total. The molecule has 0 bridgehead atoms. The lowest BCUT2D eigenvalue weighted by Crippen LogP contribution is -2.25. The normalized spacial score (nSPS) is 11.0. The molecule has 0 atom stereocenters. The molecule has 0 saturated carbocycles. The highest BCUT2D eigenvalue weighted by Gasteiger charge is 2.11. The van der Waals surface area contributed by atoms with Crippen LogP contribution in [0.3, 0.4) is 0 Å². The average molecular weight is 288 g/mol. The molecule has 0 radical (unpaired) electrons. The van der Waals surface area contributed by atoms with Crippen LogP contribution in [0.4, 0.5) is 0 Å². The molecule has 18 heavy (non-hydrogen) atoms. The fraction of sp³-hybridized carbons (Fsp3) is 0.167. The third-order valence-corrected chi connectivity index (χ3v) is 2.71. The Labute approximate surface area is 115 Å². The molecule has 0 fully saturated rings. The Bertz CT molecular complexity index is 512. The maximum absolute atomic E-state index is 11.4. The molecule has 0 heterocycles. The fourth-order valence-corrected chi connectivity index (χ4v) is 1.52. The van der Waals surface area contributed by atoms with Gasteiger partial charge < -0.3 is 10.1 Å². The highest BCUT2D eigenvalue weighted by molar-refractivity contribution is 6.42. The van der Waals surface area contributed by atoms with Crippen molar-refractivity contribution in [2.75, 3.05) is 7.11 Å². The Morgan fingerprint density at radius 1 is 1.28 bits per heavy atom. The Kier molecular flexibility index (Phi) is 5.19. The molecule has 1 aromatic carbocycles. The van der Waals surface area contributed by atoms with Gasteiger partial charge in [-0.05, 0) is 23.8 Å². The Balaban J connectivity index is 3.10. The van der Waals surface area contributed by atoms with Gasteiger partial charge in [-0.3, -0.25) is 4.79 Å². The number of hydrogen-bond donors (Lipinski definition) is 1. The Morgan fingerprint density at radius 3 is 2.44 bits per heavy atom. The molecule has 4 nitrogen and oxygen atoms in total. The largest absolute Gasteiger partial charge is 0.464 e. The van der Waals surface area contributed by atoms with Crippen molar-refractivity contribution in [1.82, 2.24) is 5.32 Å². The molecule has 1 rings (SSSR count). The van der Waals surface area contributed by atoms with E-state index in [-0.39, 0.29) is 11.6 Å². The number of carbonyl (C=O) groups is 2. The van der Waals surface area contributed by atoms with Crippen LogP contribution in [-0.4, -0.2) is 19.0 Å². The quantitative estimate of drug-likeness (QED) is 0.687. The van der Waals surface area contributed by atoms with Crippen LogP contribution in [0.5, 0.6) is 0 Å². The highest BCUT2D eigenvalue weighted by atomic mass is 35.5. The first-order valence-corrected chi connectivity index (χ1v) is 5.72. The number of esters is 1. The molecule has 0 spiro atoms. The molecule has 0 aliphatic heterocycles. The van der Waals surface area contributed by atoms with Crippen molar-refractivity contribution in [3.05, 3.63) is 39.5 Å². The summed E-state index contributed by atoms with van der Waals surface area (Å²) in [7, 11) is 1.23. The van der Waals surface area contributed by atoms with Gasteiger partial charge in [-0.15, -0.1) is 0 Å². The first kappa shape index (κ1) is 14.5. The van der Waals surface area contributed by atoms with E-state index in [9.17, 15) is 9.59 Å². The van der Waals surface area contributed by atoms with Crippen molar-refractivity contribution >= 4 is 41.2 Å². The van der Waals surface area contributed by atoms with E-state index in [1.807, 2.05) is 0 Å². The lowest BCUT2D eigenvalue weighted by atomic mass is 10.2. The van der Waals surface area contributed by atoms with Crippen molar-refractivity contribution in [3.8, 4) is 0 Å². The van der Waals surface area contributed by atoms with Crippen LogP contribution in [0.15, 0.2) is 23.9 Å². The topological polar surface area (TPSA) is 55.4 Å². The van der Waals surface area contributed by atoms with Gasteiger partial charge in [-0.2, -0.15) is 0 Å². The predicted molar refractivity (Wildman–Crippen MR) is 70.3 cm³/mol. The van der Waals surface area contributed by atoms with Crippen LogP contribution < -0.4 is 5.32 Å². The minimum absolute atomic E-state index is 0.0309. The maximum atomic E-state index is 11.4. The van der Waals surface area contributed by atoms with Gasteiger partial charge in [0.15, 0.2) is 0 Å². The SMILES string of the molecule is COC(=O)/C(=C/c1ccc(Cl)c(Cl)c1)NC(C)=O. The second kappa shape index (κ2) is 6.42. The third kappa shape index (κ3) is 4.05. The second-order valence-corrected chi connectivity index (χ2v) is 4.22. The summed E-state index contributed by atoms with van der Waals surface area (Å²) in [6.07, 6.45) is 1.45. The second-order valence-electron chi connectivity index (χ2n) is 3.40. The average Bonchev–Trinajstić information content (AvgIpc) is 2.31. The van der Waals surface area contributed by atoms with Gasteiger partial charge in [0.25, 0.3) is 0 Å². The Hall–Kier alpha value is -1.52. The summed E-state index contributed by atoms with van der Waals surface area (Å²) < 4.78 is 4.56. The molecule has 0 unspecified atom stereocenters. The van der Waals surface area contributed by atoms with Gasteiger partial charge in [0.1, 0.15) is 5.70 Å². The summed E-state index contributed by atoms with van der Waals surface area (Å²) in [6, 6.07) is 4.84. The van der Waals surface area contributed by atoms with Gasteiger partial charge in [0.05, 0.1) is 17.2 Å². The fourth-order valence-electron chi connectivity index (χ4n) is 1.21. The minimum atomic E-state index is -0.642. The number of amides is 1. The number of halogens is 2. The third-order valence-electron chi connectivity index (χ3n) is 1.97. The van der Waals surface area contributed by atoms with Gasteiger partial charge in [0, 0.05) is 6.92 Å². The number of carbonyl (C=O) groups excluding carboxylic acids is 2. The highest BCUT2D eigenvalue weighted by Crippen LogP contribution is 2.23. The van der Waals surface area contributed by atoms with E-state index in [1.54, 1.807) is 18.2 Å². The summed E-state index contributed by atoms with van der Waals surface area (Å²) in [5.74, 6) is -1.01. The molecule has 96 valence electrons. The molecule has 0 aromatic heterocycles. The molecule has 0 saturated heterocycles. The number of rotatable bonds is 3. The molecule has 6 heteroatoms. The first-order chi connectivity index (χ1) is 8.43. The minimum Gasteiger partial charge on any atom is -0.464 e. The van der Waals surface area contributed by atoms with E-state index in [0.717, 1.165) is 0 Å². The lowest BCUT2D eigenvalue weighted by molar-refractivity contribution is -0.137. The molecule has 0 aliphatic rings. The van der Waals surface area contributed by atoms with Crippen LogP contribution in [0, 0.1) is 0 Å². The van der Waals surface area contributed by atoms with Crippen molar-refractivity contribution in [2.24, 2.45) is 0 Å². The van der Waals surface area contributed by atoms with E-state index in [1.165, 1.54) is 20.1 Å². The summed E-state index contributed by atoms with van der Waals surface area (Å²) in [5, 5.41) is 3.15. The number of benzene rings is 1. The van der Waals surface area contributed by atoms with Gasteiger partial charge in [0.2, 0.25) is 5.91 Å². The monoisotopic (exact) mass is 287 g/mol. The molecular formula is C12H11Cl2NO3. The summed E-state index contributed by atoms with van der Waals surface area (Å²) in [4.78, 5) is 22.4. The van der Waals surface area contributed by atoms with Gasteiger partial charge in [-0.1, -0.05) is 29.3 Å². The van der Waals surface area contributed by atoms with Crippen LogP contribution in [0.25, 0.3) is 6.08 Å². The summed E-state index contributed by atoms with van der Waals surface area (Å²) in [6.45, 7) is 1.30. The maximum Gasteiger partial charge on any atom is 0.354 e. The predicted octanol–water partition coefficient (Wildman–Crippen LogP) is 2.64. The van der Waals surface area contributed by atoms with Crippen molar-refractivity contribution in [3.63, 3.8) is 0 Å². The number of hydrogen-bond acceptors (Lipinski definition) is 3. The zero-order chi connectivity index (χ0) is 13.7. The van der Waals surface area contributed by atoms with Crippen LogP contribution >= 0.6 is 23.2 Å². The standard InChI is InChI=1S/C12H11Cl2NO3/c1-7(16)15-11(12(17)18-2)6-8-3-4-9(13)10(14)5-8/h3-6H,1-2H3,(H,15,16)/b11-6-. The van der Waals surface area contributed by atoms with Gasteiger partial charge in [-0.25, -0.2) is 4.79 Å². The molecular weight excluding hydrogens is 277 g/mol. The lowest BCUT2D eigenvalue weighted by Gasteiger charge is -2.06. The van der Waals surface area contributed by atoms with Crippen LogP contribution in [0.1, 0.15) is 12.5 Å². The van der Waals surface area contributed by atoms with Crippen molar-refractivity contribution in [2.45, 2.75) is 6.92 Å². The summed E-state index contributed by atoms with van der Waals surface area (Å²) >= 11 is 11.6. The van der Waals surface area contributed by atoms with Crippen molar-refractivity contribution in [1.29, 1.82) is 0 Å². The zero-order valence-corrected chi connectivity index (χ0v) is 11.3. The van der Waals surface area contributed by atoms with E-state index in [4.69, 9.17) is 23.2 Å².